The van der Waals surface area contributed by atoms with E-state index in [1.54, 1.807) is 30.3 Å². The van der Waals surface area contributed by atoms with Gasteiger partial charge in [-0.2, -0.15) is 0 Å². The molecule has 39 heavy (non-hydrogen) atoms. The molecule has 0 aromatic heterocycles. The normalized spacial score (nSPS) is 25.6. The quantitative estimate of drug-likeness (QED) is 0.231. The molecule has 6 N–H and O–H groups in total. The summed E-state index contributed by atoms with van der Waals surface area (Å²) < 4.78 is 28.0. The Hall–Kier alpha value is -3.49. The van der Waals surface area contributed by atoms with Crippen molar-refractivity contribution in [2.24, 2.45) is 0 Å². The summed E-state index contributed by atoms with van der Waals surface area (Å²) in [5.74, 6) is 0.481. The Morgan fingerprint density at radius 3 is 2.26 bits per heavy atom. The fraction of sp³-hybridized carbons (Fsp3) is 0.370. The van der Waals surface area contributed by atoms with Crippen LogP contribution in [0.1, 0.15) is 27.0 Å². The molecule has 0 bridgehead atoms. The van der Waals surface area contributed by atoms with Gasteiger partial charge in [-0.05, 0) is 46.3 Å². The van der Waals surface area contributed by atoms with Crippen molar-refractivity contribution in [3.05, 3.63) is 52.6 Å². The molecule has 12 heteroatoms. The minimum atomic E-state index is -1.70. The summed E-state index contributed by atoms with van der Waals surface area (Å²) in [7, 11) is 0. The molecule has 12 nitrogen and oxygen atoms in total. The Kier molecular flexibility index (Phi) is 6.55. The van der Waals surface area contributed by atoms with Crippen LogP contribution in [-0.4, -0.2) is 80.7 Å². The number of aliphatic hydroxyl groups is 6. The molecule has 5 atom stereocenters. The van der Waals surface area contributed by atoms with Gasteiger partial charge in [0.25, 0.3) is 0 Å². The van der Waals surface area contributed by atoms with Crippen LogP contribution in [0.2, 0.25) is 0 Å². The summed E-state index contributed by atoms with van der Waals surface area (Å²) in [5.41, 5.74) is 2.39. The largest absolute Gasteiger partial charge is 0.461 e. The van der Waals surface area contributed by atoms with Gasteiger partial charge >= 0.3 is 5.97 Å². The van der Waals surface area contributed by atoms with Crippen LogP contribution in [0, 0.1) is 0 Å². The molecule has 3 aromatic rings. The second kappa shape index (κ2) is 9.92. The molecule has 1 unspecified atom stereocenters. The van der Waals surface area contributed by atoms with Gasteiger partial charge in [0.1, 0.15) is 36.8 Å². The number of ether oxygens (including phenoxy) is 5. The summed E-state index contributed by atoms with van der Waals surface area (Å²) in [6, 6.07) is 8.42. The lowest BCUT2D eigenvalue weighted by molar-refractivity contribution is -0.277. The number of benzene rings is 3. The number of carbonyl (C=O) groups excluding carboxylic acids is 1. The van der Waals surface area contributed by atoms with Gasteiger partial charge in [0.15, 0.2) is 11.5 Å². The zero-order chi connectivity index (χ0) is 27.4. The number of aliphatic hydroxyl groups excluding tert-OH is 6. The second-order valence-corrected chi connectivity index (χ2v) is 9.50. The van der Waals surface area contributed by atoms with Crippen LogP contribution in [0.3, 0.4) is 0 Å². The average molecular weight is 542 g/mol. The van der Waals surface area contributed by atoms with Crippen LogP contribution in [-0.2, 0) is 29.3 Å². The van der Waals surface area contributed by atoms with Crippen molar-refractivity contribution >= 4 is 16.7 Å². The van der Waals surface area contributed by atoms with Gasteiger partial charge in [-0.1, -0.05) is 6.07 Å². The van der Waals surface area contributed by atoms with Crippen LogP contribution in [0.4, 0.5) is 0 Å². The molecule has 3 aliphatic heterocycles. The first-order valence-corrected chi connectivity index (χ1v) is 12.3. The fourth-order valence-corrected chi connectivity index (χ4v) is 5.28. The van der Waals surface area contributed by atoms with E-state index in [1.807, 2.05) is 0 Å². The van der Waals surface area contributed by atoms with Crippen LogP contribution in [0.15, 0.2) is 30.3 Å². The molecule has 0 radical (unpaired) electrons. The summed E-state index contributed by atoms with van der Waals surface area (Å²) in [5, 5.41) is 61.6. The first-order valence-electron chi connectivity index (χ1n) is 12.3. The molecule has 3 aromatic carbocycles. The Morgan fingerprint density at radius 2 is 1.54 bits per heavy atom. The molecule has 0 amide bonds. The Balaban J connectivity index is 1.59. The van der Waals surface area contributed by atoms with Crippen molar-refractivity contribution in [1.29, 1.82) is 0 Å². The molecule has 0 saturated carbocycles. The van der Waals surface area contributed by atoms with Gasteiger partial charge in [0.05, 0.1) is 25.4 Å². The van der Waals surface area contributed by atoms with Gasteiger partial charge in [-0.15, -0.1) is 0 Å². The van der Waals surface area contributed by atoms with E-state index in [0.29, 0.717) is 50.1 Å². The minimum absolute atomic E-state index is 0.0556. The molecule has 1 saturated heterocycles. The molecular weight excluding hydrogens is 516 g/mol. The topological polar surface area (TPSA) is 185 Å². The van der Waals surface area contributed by atoms with Crippen LogP contribution < -0.4 is 14.2 Å². The highest BCUT2D eigenvalue weighted by Gasteiger charge is 2.45. The molecule has 3 aliphatic rings. The van der Waals surface area contributed by atoms with Crippen LogP contribution >= 0.6 is 0 Å². The van der Waals surface area contributed by atoms with Crippen molar-refractivity contribution in [3.8, 4) is 28.4 Å². The first kappa shape index (κ1) is 25.8. The fourth-order valence-electron chi connectivity index (χ4n) is 5.28. The Bertz CT molecular complexity index is 1450. The molecular formula is C27H26O12. The van der Waals surface area contributed by atoms with Gasteiger partial charge in [0.2, 0.25) is 13.1 Å². The van der Waals surface area contributed by atoms with E-state index in [4.69, 9.17) is 23.7 Å². The third-order valence-electron chi connectivity index (χ3n) is 7.32. The van der Waals surface area contributed by atoms with Gasteiger partial charge < -0.3 is 54.3 Å². The number of carbonyl (C=O) groups is 1. The van der Waals surface area contributed by atoms with Crippen molar-refractivity contribution in [1.82, 2.24) is 0 Å². The van der Waals surface area contributed by atoms with E-state index < -0.39 is 56.5 Å². The maximum Gasteiger partial charge on any atom is 0.339 e. The highest BCUT2D eigenvalue weighted by Crippen LogP contribution is 2.48. The van der Waals surface area contributed by atoms with Gasteiger partial charge in [-0.3, -0.25) is 0 Å². The monoisotopic (exact) mass is 542 g/mol. The van der Waals surface area contributed by atoms with Gasteiger partial charge in [-0.25, -0.2) is 4.79 Å². The Morgan fingerprint density at radius 1 is 0.821 bits per heavy atom. The lowest BCUT2D eigenvalue weighted by Crippen LogP contribution is -2.60. The standard InChI is InChI=1S/C27H26O12/c28-6-12-3-14-15(4-13(12)7-29)25(39-27-24(33)23(32)22(31)19(8-30)38-27)16-9-35-26(34)21(16)20(14)11-1-2-17-18(5-11)37-10-36-17/h1-5,19,22-24,27-33H,6-10H2/t19-,22-,23+,24-,27?/m1/s1. The smallest absolute Gasteiger partial charge is 0.339 e. The molecule has 0 aliphatic carbocycles. The summed E-state index contributed by atoms with van der Waals surface area (Å²) in [6.07, 6.45) is -7.71. The number of cyclic esters (lactones) is 1. The lowest BCUT2D eigenvalue weighted by Gasteiger charge is -2.40. The van der Waals surface area contributed by atoms with E-state index in [1.165, 1.54) is 0 Å². The number of rotatable bonds is 6. The first-order chi connectivity index (χ1) is 18.9. The van der Waals surface area contributed by atoms with E-state index in [0.717, 1.165) is 0 Å². The summed E-state index contributed by atoms with van der Waals surface area (Å²) in [6.45, 7) is -1.57. The van der Waals surface area contributed by atoms with Crippen molar-refractivity contribution < 1.29 is 59.1 Å². The highest BCUT2D eigenvalue weighted by molar-refractivity contribution is 6.13. The zero-order valence-corrected chi connectivity index (χ0v) is 20.4. The Labute approximate surface area is 221 Å². The predicted molar refractivity (Wildman–Crippen MR) is 131 cm³/mol. The lowest BCUT2D eigenvalue weighted by atomic mass is 9.87. The molecule has 3 heterocycles. The third-order valence-corrected chi connectivity index (χ3v) is 7.32. The second-order valence-electron chi connectivity index (χ2n) is 9.50. The van der Waals surface area contributed by atoms with Crippen molar-refractivity contribution in [2.75, 3.05) is 13.4 Å². The van der Waals surface area contributed by atoms with Crippen molar-refractivity contribution in [2.45, 2.75) is 50.5 Å². The number of hydrogen-bond acceptors (Lipinski definition) is 12. The van der Waals surface area contributed by atoms with E-state index >= 15 is 0 Å². The maximum absolute atomic E-state index is 13.1. The molecule has 1 fully saturated rings. The maximum atomic E-state index is 13.1. The SMILES string of the molecule is O=C1OCc2c1c(-c1ccc3c(c1)OCO3)c1cc(CO)c(CO)cc1c2OC1O[C@H](CO)[C@@H](O)[C@H](O)[C@H]1O. The van der Waals surface area contributed by atoms with Crippen LogP contribution in [0.25, 0.3) is 21.9 Å². The third kappa shape index (κ3) is 4.08. The number of fused-ring (bicyclic) bond motifs is 3. The average Bonchev–Trinajstić information content (AvgIpc) is 3.58. The summed E-state index contributed by atoms with van der Waals surface area (Å²) in [4.78, 5) is 13.1. The molecule has 0 spiro atoms. The molecule has 206 valence electrons. The van der Waals surface area contributed by atoms with E-state index in [9.17, 15) is 35.4 Å². The van der Waals surface area contributed by atoms with E-state index in [2.05, 4.69) is 0 Å². The number of hydrogen-bond donors (Lipinski definition) is 6. The van der Waals surface area contributed by atoms with Gasteiger partial charge in [0, 0.05) is 16.5 Å². The highest BCUT2D eigenvalue weighted by atomic mass is 16.7. The minimum Gasteiger partial charge on any atom is -0.461 e. The van der Waals surface area contributed by atoms with Crippen LogP contribution in [0.5, 0.6) is 17.2 Å². The van der Waals surface area contributed by atoms with Crippen molar-refractivity contribution in [3.63, 3.8) is 0 Å². The predicted octanol–water partition coefficient (Wildman–Crippen LogP) is 0.0692. The number of esters is 1. The molecule has 6 rings (SSSR count). The summed E-state index contributed by atoms with van der Waals surface area (Å²) >= 11 is 0. The zero-order valence-electron chi connectivity index (χ0n) is 20.4. The van der Waals surface area contributed by atoms with E-state index in [-0.39, 0.29) is 24.7 Å².